The molecule has 1 amide bonds. The van der Waals surface area contributed by atoms with Crippen LogP contribution < -0.4 is 5.32 Å². The highest BCUT2D eigenvalue weighted by Crippen LogP contribution is 2.21. The van der Waals surface area contributed by atoms with E-state index in [1.165, 1.54) is 12.1 Å². The third kappa shape index (κ3) is 3.86. The van der Waals surface area contributed by atoms with Gasteiger partial charge in [0.15, 0.2) is 0 Å². The number of hydrogen-bond donors (Lipinski definition) is 1. The van der Waals surface area contributed by atoms with E-state index < -0.39 is 0 Å². The van der Waals surface area contributed by atoms with Crippen LogP contribution in [0.4, 0.5) is 4.39 Å². The first-order valence-electron chi connectivity index (χ1n) is 7.37. The molecule has 24 heavy (non-hydrogen) atoms. The molecule has 0 atom stereocenters. The Morgan fingerprint density at radius 3 is 2.46 bits per heavy atom. The normalized spacial score (nSPS) is 10.4. The number of benzene rings is 2. The van der Waals surface area contributed by atoms with Crippen LogP contribution in [-0.4, -0.2) is 10.9 Å². The Hall–Kier alpha value is -2.53. The minimum Gasteiger partial charge on any atom is -0.348 e. The molecule has 3 rings (SSSR count). The maximum atomic E-state index is 13.1. The second-order valence-electron chi connectivity index (χ2n) is 5.21. The molecule has 2 aromatic carbocycles. The molecule has 0 aliphatic heterocycles. The summed E-state index contributed by atoms with van der Waals surface area (Å²) in [5, 5.41) is 2.89. The Morgan fingerprint density at radius 1 is 1.04 bits per heavy atom. The van der Waals surface area contributed by atoms with Crippen molar-refractivity contribution in [2.75, 3.05) is 0 Å². The summed E-state index contributed by atoms with van der Waals surface area (Å²) in [5.74, 6) is -0.448. The van der Waals surface area contributed by atoms with E-state index in [4.69, 9.17) is 0 Å². The maximum Gasteiger partial charge on any atom is 0.251 e. The third-order valence-corrected chi connectivity index (χ3v) is 4.08. The molecule has 0 saturated heterocycles. The van der Waals surface area contributed by atoms with E-state index in [1.54, 1.807) is 30.5 Å². The molecule has 3 aromatic rings. The highest BCUT2D eigenvalue weighted by atomic mass is 79.9. The Morgan fingerprint density at radius 2 is 1.75 bits per heavy atom. The van der Waals surface area contributed by atoms with E-state index in [1.807, 2.05) is 24.3 Å². The van der Waals surface area contributed by atoms with Crippen LogP contribution in [0.5, 0.6) is 0 Å². The van der Waals surface area contributed by atoms with Gasteiger partial charge in [0.25, 0.3) is 5.91 Å². The van der Waals surface area contributed by atoms with E-state index in [0.717, 1.165) is 21.3 Å². The number of rotatable bonds is 4. The first kappa shape index (κ1) is 16.3. The van der Waals surface area contributed by atoms with Gasteiger partial charge < -0.3 is 5.32 Å². The van der Waals surface area contributed by atoms with E-state index in [2.05, 4.69) is 26.2 Å². The lowest BCUT2D eigenvalue weighted by Gasteiger charge is -2.10. The lowest BCUT2D eigenvalue weighted by Crippen LogP contribution is -2.23. The summed E-state index contributed by atoms with van der Waals surface area (Å²) in [6.07, 6.45) is 1.68. The lowest BCUT2D eigenvalue weighted by molar-refractivity contribution is 0.0951. The Labute approximate surface area is 147 Å². The summed E-state index contributed by atoms with van der Waals surface area (Å²) in [7, 11) is 0. The van der Waals surface area contributed by atoms with Gasteiger partial charge >= 0.3 is 0 Å². The van der Waals surface area contributed by atoms with E-state index in [0.29, 0.717) is 12.1 Å². The predicted molar refractivity (Wildman–Crippen MR) is 94.9 cm³/mol. The minimum absolute atomic E-state index is 0.156. The predicted octanol–water partition coefficient (Wildman–Crippen LogP) is 4.58. The van der Waals surface area contributed by atoms with Crippen molar-refractivity contribution in [1.82, 2.24) is 10.3 Å². The van der Waals surface area contributed by atoms with E-state index in [9.17, 15) is 9.18 Å². The zero-order valence-electron chi connectivity index (χ0n) is 12.7. The van der Waals surface area contributed by atoms with Crippen LogP contribution in [0.2, 0.25) is 0 Å². The van der Waals surface area contributed by atoms with Gasteiger partial charge in [-0.1, -0.05) is 22.0 Å². The second-order valence-corrected chi connectivity index (χ2v) is 6.12. The van der Waals surface area contributed by atoms with Gasteiger partial charge in [-0.25, -0.2) is 4.39 Å². The molecule has 1 N–H and O–H groups in total. The molecule has 0 radical (unpaired) electrons. The minimum atomic E-state index is -0.292. The number of hydrogen-bond acceptors (Lipinski definition) is 2. The van der Waals surface area contributed by atoms with Crippen molar-refractivity contribution in [3.05, 3.63) is 88.3 Å². The van der Waals surface area contributed by atoms with Crippen molar-refractivity contribution in [2.24, 2.45) is 0 Å². The smallest absolute Gasteiger partial charge is 0.251 e. The Kier molecular flexibility index (Phi) is 5.01. The van der Waals surface area contributed by atoms with Crippen LogP contribution in [-0.2, 0) is 6.54 Å². The number of carbonyl (C=O) groups is 1. The van der Waals surface area contributed by atoms with Crippen LogP contribution in [0.15, 0.2) is 71.3 Å². The highest BCUT2D eigenvalue weighted by molar-refractivity contribution is 9.10. The largest absolute Gasteiger partial charge is 0.348 e. The zero-order chi connectivity index (χ0) is 16.9. The van der Waals surface area contributed by atoms with Crippen molar-refractivity contribution >= 4 is 21.8 Å². The van der Waals surface area contributed by atoms with Gasteiger partial charge in [0, 0.05) is 28.3 Å². The molecule has 0 spiro atoms. The molecule has 0 aliphatic carbocycles. The molecule has 0 fully saturated rings. The standard InChI is InChI=1S/C19H14BrFN2O/c20-16-7-3-14(4-8-16)19(24)23-12-15-2-1-11-22-18(15)13-5-9-17(21)10-6-13/h1-11H,12H2,(H,23,24). The van der Waals surface area contributed by atoms with Crippen molar-refractivity contribution < 1.29 is 9.18 Å². The fraction of sp³-hybridized carbons (Fsp3) is 0.0526. The molecule has 120 valence electrons. The maximum absolute atomic E-state index is 13.1. The second kappa shape index (κ2) is 7.36. The van der Waals surface area contributed by atoms with Gasteiger partial charge in [0.1, 0.15) is 5.82 Å². The quantitative estimate of drug-likeness (QED) is 0.715. The first-order valence-corrected chi connectivity index (χ1v) is 8.16. The average Bonchev–Trinajstić information content (AvgIpc) is 2.61. The average molecular weight is 385 g/mol. The topological polar surface area (TPSA) is 42.0 Å². The number of pyridine rings is 1. The molecule has 5 heteroatoms. The molecule has 0 bridgehead atoms. The monoisotopic (exact) mass is 384 g/mol. The summed E-state index contributed by atoms with van der Waals surface area (Å²) >= 11 is 3.34. The third-order valence-electron chi connectivity index (χ3n) is 3.55. The molecular formula is C19H14BrFN2O. The summed E-state index contributed by atoms with van der Waals surface area (Å²) < 4.78 is 14.0. The summed E-state index contributed by atoms with van der Waals surface area (Å²) in [6, 6.07) is 17.0. The molecule has 1 aromatic heterocycles. The highest BCUT2D eigenvalue weighted by Gasteiger charge is 2.09. The van der Waals surface area contributed by atoms with Gasteiger partial charge in [-0.3, -0.25) is 9.78 Å². The summed E-state index contributed by atoms with van der Waals surface area (Å²) in [6.45, 7) is 0.343. The summed E-state index contributed by atoms with van der Waals surface area (Å²) in [4.78, 5) is 16.6. The lowest BCUT2D eigenvalue weighted by atomic mass is 10.1. The number of aromatic nitrogens is 1. The molecule has 0 aliphatic rings. The number of amides is 1. The van der Waals surface area contributed by atoms with Crippen LogP contribution in [0.25, 0.3) is 11.3 Å². The summed E-state index contributed by atoms with van der Waals surface area (Å²) in [5.41, 5.74) is 3.00. The van der Waals surface area contributed by atoms with Gasteiger partial charge in [0.2, 0.25) is 0 Å². The first-order chi connectivity index (χ1) is 11.6. The fourth-order valence-corrected chi connectivity index (χ4v) is 2.59. The van der Waals surface area contributed by atoms with Crippen LogP contribution in [0.1, 0.15) is 15.9 Å². The number of nitrogens with one attached hydrogen (secondary N) is 1. The molecular weight excluding hydrogens is 371 g/mol. The van der Waals surface area contributed by atoms with Gasteiger partial charge in [-0.2, -0.15) is 0 Å². The molecule has 3 nitrogen and oxygen atoms in total. The van der Waals surface area contributed by atoms with Crippen LogP contribution >= 0.6 is 15.9 Å². The SMILES string of the molecule is O=C(NCc1cccnc1-c1ccc(F)cc1)c1ccc(Br)cc1. The van der Waals surface area contributed by atoms with Crippen LogP contribution in [0, 0.1) is 5.82 Å². The van der Waals surface area contributed by atoms with Crippen molar-refractivity contribution in [3.8, 4) is 11.3 Å². The molecule has 0 unspecified atom stereocenters. The molecule has 0 saturated carbocycles. The van der Waals surface area contributed by atoms with Gasteiger partial charge in [-0.15, -0.1) is 0 Å². The van der Waals surface area contributed by atoms with E-state index in [-0.39, 0.29) is 11.7 Å². The zero-order valence-corrected chi connectivity index (χ0v) is 14.3. The van der Waals surface area contributed by atoms with Crippen molar-refractivity contribution in [1.29, 1.82) is 0 Å². The Bertz CT molecular complexity index is 848. The van der Waals surface area contributed by atoms with Crippen molar-refractivity contribution in [2.45, 2.75) is 6.54 Å². The number of halogens is 2. The van der Waals surface area contributed by atoms with Crippen molar-refractivity contribution in [3.63, 3.8) is 0 Å². The Balaban J connectivity index is 1.77. The van der Waals surface area contributed by atoms with Crippen LogP contribution in [0.3, 0.4) is 0 Å². The number of nitrogens with zero attached hydrogens (tertiary/aromatic N) is 1. The van der Waals surface area contributed by atoms with Gasteiger partial charge in [-0.05, 0) is 60.2 Å². The van der Waals surface area contributed by atoms with E-state index >= 15 is 0 Å². The number of carbonyl (C=O) groups excluding carboxylic acids is 1. The fourth-order valence-electron chi connectivity index (χ4n) is 2.33. The molecule has 1 heterocycles. The van der Waals surface area contributed by atoms with Gasteiger partial charge in [0.05, 0.1) is 5.69 Å².